The number of nitrogens with zero attached hydrogens (tertiary/aromatic N) is 1. The van der Waals surface area contributed by atoms with Crippen LogP contribution in [0.15, 0.2) is 27.1 Å². The van der Waals surface area contributed by atoms with Crippen LogP contribution in [-0.4, -0.2) is 44.5 Å². The van der Waals surface area contributed by atoms with E-state index in [-0.39, 0.29) is 5.91 Å². The van der Waals surface area contributed by atoms with Gasteiger partial charge in [0.15, 0.2) is 0 Å². The van der Waals surface area contributed by atoms with Crippen LogP contribution < -0.4 is 5.32 Å². The molecule has 0 radical (unpaired) electrons. The van der Waals surface area contributed by atoms with Crippen molar-refractivity contribution in [1.82, 2.24) is 9.62 Å². The minimum absolute atomic E-state index is 0.184. The molecule has 0 saturated carbocycles. The van der Waals surface area contributed by atoms with Gasteiger partial charge < -0.3 is 5.32 Å². The summed E-state index contributed by atoms with van der Waals surface area (Å²) in [5.41, 5.74) is 0.550. The van der Waals surface area contributed by atoms with Crippen LogP contribution in [0.5, 0.6) is 0 Å². The number of amides is 1. The molecule has 1 aromatic rings. The lowest BCUT2D eigenvalue weighted by atomic mass is 10.2. The van der Waals surface area contributed by atoms with E-state index in [0.717, 1.165) is 4.47 Å². The lowest BCUT2D eigenvalue weighted by Crippen LogP contribution is -2.33. The molecule has 1 rings (SSSR count). The molecule has 0 bridgehead atoms. The fraction of sp³-hybridized carbons (Fsp3) is 0.462. The third-order valence-electron chi connectivity index (χ3n) is 2.87. The van der Waals surface area contributed by atoms with Crippen molar-refractivity contribution in [3.05, 3.63) is 32.7 Å². The van der Waals surface area contributed by atoms with E-state index < -0.39 is 10.0 Å². The van der Waals surface area contributed by atoms with Crippen molar-refractivity contribution in [3.8, 4) is 0 Å². The second-order valence-electron chi connectivity index (χ2n) is 4.49. The van der Waals surface area contributed by atoms with E-state index in [1.807, 2.05) is 0 Å². The van der Waals surface area contributed by atoms with Crippen molar-refractivity contribution in [2.75, 3.05) is 25.9 Å². The Kier molecular flexibility index (Phi) is 7.32. The molecule has 0 aliphatic rings. The van der Waals surface area contributed by atoms with Crippen LogP contribution in [0.25, 0.3) is 0 Å². The molecular weight excluding hydrogens is 424 g/mol. The molecule has 0 aliphatic heterocycles. The van der Waals surface area contributed by atoms with Gasteiger partial charge in [0.2, 0.25) is 10.0 Å². The van der Waals surface area contributed by atoms with Crippen LogP contribution in [-0.2, 0) is 10.0 Å². The first kappa shape index (κ1) is 18.6. The largest absolute Gasteiger partial charge is 0.352 e. The zero-order valence-corrected chi connectivity index (χ0v) is 15.9. The maximum absolute atomic E-state index is 12.0. The van der Waals surface area contributed by atoms with E-state index in [2.05, 4.69) is 37.2 Å². The molecule has 118 valence electrons. The zero-order chi connectivity index (χ0) is 16.0. The smallest absolute Gasteiger partial charge is 0.252 e. The number of rotatable bonds is 7. The first-order chi connectivity index (χ1) is 9.75. The lowest BCUT2D eigenvalue weighted by molar-refractivity contribution is 0.0952. The molecule has 1 N–H and O–H groups in total. The summed E-state index contributed by atoms with van der Waals surface area (Å²) in [4.78, 5) is 12.0. The molecular formula is C13H18Br2N2O3S. The van der Waals surface area contributed by atoms with Crippen LogP contribution >= 0.6 is 31.9 Å². The fourth-order valence-electron chi connectivity index (χ4n) is 1.78. The maximum atomic E-state index is 12.0. The van der Waals surface area contributed by atoms with Gasteiger partial charge in [0, 0.05) is 28.6 Å². The molecule has 0 unspecified atom stereocenters. The number of sulfonamides is 1. The summed E-state index contributed by atoms with van der Waals surface area (Å²) in [7, 11) is -3.17. The average Bonchev–Trinajstić information content (AvgIpc) is 2.36. The van der Waals surface area contributed by atoms with Gasteiger partial charge in [-0.3, -0.25) is 4.79 Å². The van der Waals surface area contributed by atoms with Crippen molar-refractivity contribution < 1.29 is 13.2 Å². The predicted octanol–water partition coefficient (Wildman–Crippen LogP) is 2.61. The van der Waals surface area contributed by atoms with Crippen molar-refractivity contribution in [1.29, 1.82) is 0 Å². The van der Waals surface area contributed by atoms with Crippen molar-refractivity contribution >= 4 is 47.8 Å². The molecule has 0 saturated heterocycles. The van der Waals surface area contributed by atoms with Gasteiger partial charge in [-0.05, 0) is 40.5 Å². The van der Waals surface area contributed by atoms with Crippen LogP contribution in [0, 0.1) is 0 Å². The average molecular weight is 442 g/mol. The topological polar surface area (TPSA) is 66.5 Å². The van der Waals surface area contributed by atoms with Crippen LogP contribution in [0.3, 0.4) is 0 Å². The highest BCUT2D eigenvalue weighted by Gasteiger charge is 2.14. The van der Waals surface area contributed by atoms with Gasteiger partial charge in [-0.15, -0.1) is 0 Å². The van der Waals surface area contributed by atoms with Crippen molar-refractivity contribution in [2.24, 2.45) is 0 Å². The summed E-state index contributed by atoms with van der Waals surface area (Å²) in [6.07, 6.45) is 1.76. The molecule has 0 atom stereocenters. The van der Waals surface area contributed by atoms with E-state index in [1.165, 1.54) is 10.6 Å². The molecule has 0 aromatic heterocycles. The fourth-order valence-corrected chi connectivity index (χ4v) is 3.94. The Balaban J connectivity index is 2.47. The van der Waals surface area contributed by atoms with Crippen molar-refractivity contribution in [2.45, 2.75) is 13.3 Å². The van der Waals surface area contributed by atoms with E-state index in [9.17, 15) is 13.2 Å². The monoisotopic (exact) mass is 440 g/mol. The first-order valence-electron chi connectivity index (χ1n) is 6.44. The van der Waals surface area contributed by atoms with Gasteiger partial charge in [-0.1, -0.05) is 22.9 Å². The first-order valence-corrected chi connectivity index (χ1v) is 9.87. The van der Waals surface area contributed by atoms with Gasteiger partial charge in [-0.25, -0.2) is 12.7 Å². The van der Waals surface area contributed by atoms with Gasteiger partial charge in [-0.2, -0.15) is 0 Å². The number of carbonyl (C=O) groups is 1. The Morgan fingerprint density at radius 3 is 2.52 bits per heavy atom. The SMILES string of the molecule is CCN(CCCNC(=O)c1ccc(Br)cc1Br)S(C)(=O)=O. The summed E-state index contributed by atoms with van der Waals surface area (Å²) < 4.78 is 25.8. The Bertz CT molecular complexity index is 605. The number of hydrogen-bond acceptors (Lipinski definition) is 3. The molecule has 0 spiro atoms. The second kappa shape index (κ2) is 8.26. The number of halogens is 2. The standard InChI is InChI=1S/C13H18Br2N2O3S/c1-3-17(21(2,19)20)8-4-7-16-13(18)11-6-5-10(14)9-12(11)15/h5-6,9H,3-4,7-8H2,1-2H3,(H,16,18). The van der Waals surface area contributed by atoms with E-state index in [4.69, 9.17) is 0 Å². The predicted molar refractivity (Wildman–Crippen MR) is 90.9 cm³/mol. The van der Waals surface area contributed by atoms with Crippen molar-refractivity contribution in [3.63, 3.8) is 0 Å². The Morgan fingerprint density at radius 2 is 2.00 bits per heavy atom. The van der Waals surface area contributed by atoms with Gasteiger partial charge in [0.25, 0.3) is 5.91 Å². The van der Waals surface area contributed by atoms with E-state index in [1.54, 1.807) is 25.1 Å². The third kappa shape index (κ3) is 6.06. The van der Waals surface area contributed by atoms with Gasteiger partial charge in [0.1, 0.15) is 0 Å². The quantitative estimate of drug-likeness (QED) is 0.661. The molecule has 0 fully saturated rings. The molecule has 0 aliphatic carbocycles. The summed E-state index contributed by atoms with van der Waals surface area (Å²) in [5.74, 6) is -0.184. The number of benzene rings is 1. The summed E-state index contributed by atoms with van der Waals surface area (Å²) >= 11 is 6.67. The summed E-state index contributed by atoms with van der Waals surface area (Å²) in [6, 6.07) is 5.32. The maximum Gasteiger partial charge on any atom is 0.252 e. The molecule has 5 nitrogen and oxygen atoms in total. The minimum Gasteiger partial charge on any atom is -0.352 e. The van der Waals surface area contributed by atoms with Gasteiger partial charge in [0.05, 0.1) is 11.8 Å². The second-order valence-corrected chi connectivity index (χ2v) is 8.24. The lowest BCUT2D eigenvalue weighted by Gasteiger charge is -2.17. The van der Waals surface area contributed by atoms with Gasteiger partial charge >= 0.3 is 0 Å². The Morgan fingerprint density at radius 1 is 1.33 bits per heavy atom. The highest BCUT2D eigenvalue weighted by Crippen LogP contribution is 2.21. The zero-order valence-electron chi connectivity index (χ0n) is 11.9. The highest BCUT2D eigenvalue weighted by atomic mass is 79.9. The van der Waals surface area contributed by atoms with E-state index in [0.29, 0.717) is 36.1 Å². The molecule has 1 amide bonds. The number of nitrogens with one attached hydrogen (secondary N) is 1. The summed E-state index contributed by atoms with van der Waals surface area (Å²) in [5, 5.41) is 2.78. The Hall–Kier alpha value is -0.440. The van der Waals surface area contributed by atoms with Crippen LogP contribution in [0.4, 0.5) is 0 Å². The van der Waals surface area contributed by atoms with Crippen LogP contribution in [0.2, 0.25) is 0 Å². The third-order valence-corrected chi connectivity index (χ3v) is 5.40. The molecule has 1 aromatic carbocycles. The Labute approximate surface area is 142 Å². The molecule has 21 heavy (non-hydrogen) atoms. The normalized spacial score (nSPS) is 11.7. The molecule has 0 heterocycles. The molecule has 8 heteroatoms. The van der Waals surface area contributed by atoms with Crippen LogP contribution in [0.1, 0.15) is 23.7 Å². The highest BCUT2D eigenvalue weighted by molar-refractivity contribution is 9.11. The number of carbonyl (C=O) groups excluding carboxylic acids is 1. The van der Waals surface area contributed by atoms with E-state index >= 15 is 0 Å². The minimum atomic E-state index is -3.17. The number of hydrogen-bond donors (Lipinski definition) is 1. The summed E-state index contributed by atoms with van der Waals surface area (Å²) in [6.45, 7) is 3.05.